The smallest absolute Gasteiger partial charge is 0.338 e. The van der Waals surface area contributed by atoms with E-state index >= 15 is 0 Å². The van der Waals surface area contributed by atoms with Gasteiger partial charge in [-0.2, -0.15) is 18.3 Å². The van der Waals surface area contributed by atoms with Gasteiger partial charge in [-0.05, 0) is 19.1 Å². The van der Waals surface area contributed by atoms with E-state index in [1.807, 2.05) is 6.92 Å². The van der Waals surface area contributed by atoms with Gasteiger partial charge in [0.15, 0.2) is 0 Å². The maximum absolute atomic E-state index is 12.3. The lowest BCUT2D eigenvalue weighted by atomic mass is 10.3. The standard InChI is InChI=1S/C11H11F3N4/c1-2-18-7-9(6-16-18)17-10-4-3-8(5-15-10)11(12,13)14/h3-7H,2H2,1H3,(H,15,17). The first-order valence-corrected chi connectivity index (χ1v) is 5.32. The first-order chi connectivity index (χ1) is 8.49. The fraction of sp³-hybridized carbons (Fsp3) is 0.273. The molecule has 7 heteroatoms. The van der Waals surface area contributed by atoms with E-state index in [2.05, 4.69) is 15.4 Å². The van der Waals surface area contributed by atoms with E-state index < -0.39 is 11.7 Å². The van der Waals surface area contributed by atoms with Gasteiger partial charge in [0, 0.05) is 18.9 Å². The maximum atomic E-state index is 12.3. The Kier molecular flexibility index (Phi) is 3.22. The Balaban J connectivity index is 2.11. The summed E-state index contributed by atoms with van der Waals surface area (Å²) in [6, 6.07) is 2.27. The second-order valence-electron chi connectivity index (χ2n) is 3.64. The molecule has 0 spiro atoms. The van der Waals surface area contributed by atoms with Crippen molar-refractivity contribution in [3.8, 4) is 0 Å². The SMILES string of the molecule is CCn1cc(Nc2ccc(C(F)(F)F)cn2)cn1. The molecule has 0 radical (unpaired) electrons. The van der Waals surface area contributed by atoms with Crippen LogP contribution in [0.1, 0.15) is 12.5 Å². The summed E-state index contributed by atoms with van der Waals surface area (Å²) in [6.07, 6.45) is -0.229. The molecule has 0 amide bonds. The number of rotatable bonds is 3. The molecule has 2 aromatic heterocycles. The lowest BCUT2D eigenvalue weighted by molar-refractivity contribution is -0.137. The molecule has 0 aromatic carbocycles. The van der Waals surface area contributed by atoms with Gasteiger partial charge in [0.05, 0.1) is 17.4 Å². The Labute approximate surface area is 101 Å². The highest BCUT2D eigenvalue weighted by molar-refractivity contribution is 5.53. The number of aryl methyl sites for hydroxylation is 1. The van der Waals surface area contributed by atoms with Crippen LogP contribution in [0.5, 0.6) is 0 Å². The van der Waals surface area contributed by atoms with Gasteiger partial charge in [0.25, 0.3) is 0 Å². The highest BCUT2D eigenvalue weighted by Crippen LogP contribution is 2.29. The first kappa shape index (κ1) is 12.4. The number of alkyl halides is 3. The third kappa shape index (κ3) is 2.79. The van der Waals surface area contributed by atoms with Gasteiger partial charge < -0.3 is 5.32 Å². The van der Waals surface area contributed by atoms with Crippen molar-refractivity contribution in [2.75, 3.05) is 5.32 Å². The van der Waals surface area contributed by atoms with Crippen molar-refractivity contribution in [1.29, 1.82) is 0 Å². The average molecular weight is 256 g/mol. The van der Waals surface area contributed by atoms with Crippen molar-refractivity contribution in [2.45, 2.75) is 19.6 Å². The molecule has 0 aliphatic heterocycles. The van der Waals surface area contributed by atoms with E-state index in [1.54, 1.807) is 17.1 Å². The van der Waals surface area contributed by atoms with Crippen LogP contribution in [0.25, 0.3) is 0 Å². The van der Waals surface area contributed by atoms with Crippen LogP contribution < -0.4 is 5.32 Å². The molecular formula is C11H11F3N4. The minimum Gasteiger partial charge on any atom is -0.338 e. The molecule has 0 saturated carbocycles. The van der Waals surface area contributed by atoms with Gasteiger partial charge in [0.2, 0.25) is 0 Å². The zero-order valence-corrected chi connectivity index (χ0v) is 9.57. The average Bonchev–Trinajstić information content (AvgIpc) is 2.76. The van der Waals surface area contributed by atoms with Crippen LogP contribution in [0.4, 0.5) is 24.7 Å². The third-order valence-electron chi connectivity index (χ3n) is 2.32. The largest absolute Gasteiger partial charge is 0.417 e. The number of hydrogen-bond donors (Lipinski definition) is 1. The zero-order valence-electron chi connectivity index (χ0n) is 9.57. The second-order valence-corrected chi connectivity index (χ2v) is 3.64. The summed E-state index contributed by atoms with van der Waals surface area (Å²) >= 11 is 0. The molecule has 2 aromatic rings. The first-order valence-electron chi connectivity index (χ1n) is 5.32. The van der Waals surface area contributed by atoms with Gasteiger partial charge in [0.1, 0.15) is 5.82 Å². The molecule has 0 aliphatic rings. The minimum absolute atomic E-state index is 0.346. The molecule has 0 aliphatic carbocycles. The van der Waals surface area contributed by atoms with Crippen molar-refractivity contribution < 1.29 is 13.2 Å². The van der Waals surface area contributed by atoms with E-state index in [-0.39, 0.29) is 0 Å². The van der Waals surface area contributed by atoms with Crippen LogP contribution in [-0.4, -0.2) is 14.8 Å². The maximum Gasteiger partial charge on any atom is 0.417 e. The number of nitrogens with one attached hydrogen (secondary N) is 1. The lowest BCUT2D eigenvalue weighted by Gasteiger charge is -2.07. The molecule has 96 valence electrons. The number of aromatic nitrogens is 3. The zero-order chi connectivity index (χ0) is 13.2. The molecule has 0 saturated heterocycles. The van der Waals surface area contributed by atoms with Gasteiger partial charge in [-0.1, -0.05) is 0 Å². The molecule has 18 heavy (non-hydrogen) atoms. The van der Waals surface area contributed by atoms with E-state index in [4.69, 9.17) is 0 Å². The highest BCUT2D eigenvalue weighted by atomic mass is 19.4. The molecule has 0 fully saturated rings. The molecule has 4 nitrogen and oxygen atoms in total. The summed E-state index contributed by atoms with van der Waals surface area (Å²) < 4.78 is 38.7. The van der Waals surface area contributed by atoms with E-state index in [0.29, 0.717) is 11.5 Å². The Morgan fingerprint density at radius 3 is 2.56 bits per heavy atom. The van der Waals surface area contributed by atoms with Crippen molar-refractivity contribution in [1.82, 2.24) is 14.8 Å². The van der Waals surface area contributed by atoms with E-state index in [0.717, 1.165) is 18.8 Å². The van der Waals surface area contributed by atoms with Gasteiger partial charge in [-0.3, -0.25) is 4.68 Å². The Bertz CT molecular complexity index is 516. The predicted molar refractivity (Wildman–Crippen MR) is 60.4 cm³/mol. The van der Waals surface area contributed by atoms with Crippen LogP contribution in [-0.2, 0) is 12.7 Å². The number of anilines is 2. The number of hydrogen-bond acceptors (Lipinski definition) is 3. The topological polar surface area (TPSA) is 42.7 Å². The van der Waals surface area contributed by atoms with Crippen LogP contribution >= 0.6 is 0 Å². The molecule has 0 atom stereocenters. The van der Waals surface area contributed by atoms with Crippen LogP contribution in [0, 0.1) is 0 Å². The van der Waals surface area contributed by atoms with Gasteiger partial charge in [-0.15, -0.1) is 0 Å². The normalized spacial score (nSPS) is 11.6. The van der Waals surface area contributed by atoms with E-state index in [9.17, 15) is 13.2 Å². The number of pyridine rings is 1. The molecule has 2 rings (SSSR count). The Morgan fingerprint density at radius 2 is 2.06 bits per heavy atom. The molecule has 0 bridgehead atoms. The summed E-state index contributed by atoms with van der Waals surface area (Å²) in [7, 11) is 0. The quantitative estimate of drug-likeness (QED) is 0.917. The monoisotopic (exact) mass is 256 g/mol. The van der Waals surface area contributed by atoms with Crippen molar-refractivity contribution in [3.63, 3.8) is 0 Å². The fourth-order valence-corrected chi connectivity index (χ4v) is 1.38. The Morgan fingerprint density at radius 1 is 1.28 bits per heavy atom. The number of nitrogens with zero attached hydrogens (tertiary/aromatic N) is 3. The molecular weight excluding hydrogens is 245 g/mol. The molecule has 0 unspecified atom stereocenters. The third-order valence-corrected chi connectivity index (χ3v) is 2.32. The van der Waals surface area contributed by atoms with Gasteiger partial charge in [-0.25, -0.2) is 4.98 Å². The lowest BCUT2D eigenvalue weighted by Crippen LogP contribution is -2.05. The molecule has 1 N–H and O–H groups in total. The van der Waals surface area contributed by atoms with Crippen molar-refractivity contribution >= 4 is 11.5 Å². The predicted octanol–water partition coefficient (Wildman–Crippen LogP) is 3.06. The van der Waals surface area contributed by atoms with Gasteiger partial charge >= 0.3 is 6.18 Å². The van der Waals surface area contributed by atoms with Crippen molar-refractivity contribution in [3.05, 3.63) is 36.3 Å². The summed E-state index contributed by atoms with van der Waals surface area (Å²) in [5.41, 5.74) is -0.0820. The summed E-state index contributed by atoms with van der Waals surface area (Å²) in [6.45, 7) is 2.66. The summed E-state index contributed by atoms with van der Waals surface area (Å²) in [5, 5.41) is 6.91. The second kappa shape index (κ2) is 4.67. The van der Waals surface area contributed by atoms with Crippen molar-refractivity contribution in [2.24, 2.45) is 0 Å². The minimum atomic E-state index is -4.36. The van der Waals surface area contributed by atoms with Crippen LogP contribution in [0.2, 0.25) is 0 Å². The molecule has 2 heterocycles. The summed E-state index contributed by atoms with van der Waals surface area (Å²) in [4.78, 5) is 3.71. The fourth-order valence-electron chi connectivity index (χ4n) is 1.38. The van der Waals surface area contributed by atoms with E-state index in [1.165, 1.54) is 6.07 Å². The Hall–Kier alpha value is -2.05. The highest BCUT2D eigenvalue weighted by Gasteiger charge is 2.30. The summed E-state index contributed by atoms with van der Waals surface area (Å²) in [5.74, 6) is 0.346. The van der Waals surface area contributed by atoms with Crippen LogP contribution in [0.3, 0.4) is 0 Å². The van der Waals surface area contributed by atoms with Crippen LogP contribution in [0.15, 0.2) is 30.7 Å². The number of halogens is 3.